The number of fused-ring (bicyclic) bond motifs is 1. The Kier molecular flexibility index (Phi) is 4.63. The third-order valence-electron chi connectivity index (χ3n) is 4.20. The SMILES string of the molecule is Cc1nc2cc(F)cc(C(=O)N3CCO[C@@H](CC(=O)O)C3)c2nc1C. The molecule has 1 fully saturated rings. The fourth-order valence-corrected chi connectivity index (χ4v) is 2.85. The molecule has 3 rings (SSSR count). The van der Waals surface area contributed by atoms with Crippen LogP contribution in [-0.4, -0.2) is 57.7 Å². The van der Waals surface area contributed by atoms with E-state index in [-0.39, 0.29) is 25.1 Å². The van der Waals surface area contributed by atoms with E-state index in [0.717, 1.165) is 6.07 Å². The highest BCUT2D eigenvalue weighted by Crippen LogP contribution is 2.22. The maximum absolute atomic E-state index is 14.0. The number of carboxylic acids is 1. The van der Waals surface area contributed by atoms with E-state index in [0.29, 0.717) is 29.0 Å². The number of aryl methyl sites for hydroxylation is 2. The van der Waals surface area contributed by atoms with E-state index >= 15 is 0 Å². The molecular weight excluding hydrogens is 329 g/mol. The van der Waals surface area contributed by atoms with Crippen molar-refractivity contribution in [3.05, 3.63) is 34.9 Å². The molecule has 1 N–H and O–H groups in total. The molecular formula is C17H18FN3O4. The summed E-state index contributed by atoms with van der Waals surface area (Å²) in [6, 6.07) is 2.40. The van der Waals surface area contributed by atoms with Gasteiger partial charge in [-0.2, -0.15) is 0 Å². The van der Waals surface area contributed by atoms with Gasteiger partial charge in [-0.3, -0.25) is 9.59 Å². The number of carbonyl (C=O) groups is 2. The van der Waals surface area contributed by atoms with Gasteiger partial charge in [-0.15, -0.1) is 0 Å². The van der Waals surface area contributed by atoms with Gasteiger partial charge in [-0.05, 0) is 19.9 Å². The van der Waals surface area contributed by atoms with E-state index < -0.39 is 23.8 Å². The predicted molar refractivity (Wildman–Crippen MR) is 86.9 cm³/mol. The van der Waals surface area contributed by atoms with Gasteiger partial charge in [0.1, 0.15) is 11.3 Å². The molecule has 0 saturated carbocycles. The third kappa shape index (κ3) is 3.58. The Morgan fingerprint density at radius 3 is 2.76 bits per heavy atom. The number of amides is 1. The highest BCUT2D eigenvalue weighted by Gasteiger charge is 2.28. The van der Waals surface area contributed by atoms with E-state index in [4.69, 9.17) is 9.84 Å². The number of halogens is 1. The van der Waals surface area contributed by atoms with Crippen LogP contribution in [0.15, 0.2) is 12.1 Å². The number of aliphatic carboxylic acids is 1. The lowest BCUT2D eigenvalue weighted by Gasteiger charge is -2.32. The Labute approximate surface area is 143 Å². The minimum atomic E-state index is -0.993. The molecule has 0 bridgehead atoms. The molecule has 1 atom stereocenters. The summed E-state index contributed by atoms with van der Waals surface area (Å²) in [4.78, 5) is 33.9. The molecule has 1 aromatic heterocycles. The van der Waals surface area contributed by atoms with Crippen molar-refractivity contribution in [2.75, 3.05) is 19.7 Å². The molecule has 1 aromatic carbocycles. The van der Waals surface area contributed by atoms with Crippen LogP contribution in [0.2, 0.25) is 0 Å². The predicted octanol–water partition coefficient (Wildman–Crippen LogP) is 1.70. The summed E-state index contributed by atoms with van der Waals surface area (Å²) < 4.78 is 19.3. The van der Waals surface area contributed by atoms with Crippen LogP contribution in [0.25, 0.3) is 11.0 Å². The number of morpholine rings is 1. The number of benzene rings is 1. The maximum atomic E-state index is 14.0. The highest BCUT2D eigenvalue weighted by atomic mass is 19.1. The lowest BCUT2D eigenvalue weighted by atomic mass is 10.1. The van der Waals surface area contributed by atoms with Crippen molar-refractivity contribution in [1.29, 1.82) is 0 Å². The summed E-state index contributed by atoms with van der Waals surface area (Å²) >= 11 is 0. The van der Waals surface area contributed by atoms with Gasteiger partial charge in [0.15, 0.2) is 0 Å². The van der Waals surface area contributed by atoms with E-state index in [2.05, 4.69) is 9.97 Å². The van der Waals surface area contributed by atoms with Crippen molar-refractivity contribution >= 4 is 22.9 Å². The first-order valence-corrected chi connectivity index (χ1v) is 7.92. The van der Waals surface area contributed by atoms with Gasteiger partial charge in [-0.1, -0.05) is 0 Å². The Bertz CT molecular complexity index is 855. The molecule has 1 aliphatic heterocycles. The van der Waals surface area contributed by atoms with Gasteiger partial charge < -0.3 is 14.7 Å². The van der Waals surface area contributed by atoms with Crippen LogP contribution in [0.4, 0.5) is 4.39 Å². The van der Waals surface area contributed by atoms with Gasteiger partial charge in [-0.25, -0.2) is 14.4 Å². The number of hydrogen-bond acceptors (Lipinski definition) is 5. The second-order valence-corrected chi connectivity index (χ2v) is 6.06. The number of carbonyl (C=O) groups excluding carboxylic acids is 1. The smallest absolute Gasteiger partial charge is 0.306 e. The molecule has 1 saturated heterocycles. The zero-order chi connectivity index (χ0) is 18.1. The summed E-state index contributed by atoms with van der Waals surface area (Å²) in [6.45, 7) is 4.23. The number of ether oxygens (including phenoxy) is 1. The van der Waals surface area contributed by atoms with E-state index in [1.54, 1.807) is 13.8 Å². The summed E-state index contributed by atoms with van der Waals surface area (Å²) in [5.74, 6) is -1.96. The van der Waals surface area contributed by atoms with Crippen molar-refractivity contribution in [3.63, 3.8) is 0 Å². The van der Waals surface area contributed by atoms with Crippen LogP contribution in [0, 0.1) is 19.7 Å². The van der Waals surface area contributed by atoms with Crippen molar-refractivity contribution < 1.29 is 23.8 Å². The number of carboxylic acid groups (broad SMARTS) is 1. The summed E-state index contributed by atoms with van der Waals surface area (Å²) in [7, 11) is 0. The van der Waals surface area contributed by atoms with Crippen molar-refractivity contribution in [2.24, 2.45) is 0 Å². The van der Waals surface area contributed by atoms with Gasteiger partial charge in [0.05, 0.1) is 41.6 Å². The topological polar surface area (TPSA) is 92.6 Å². The normalized spacial score (nSPS) is 17.7. The van der Waals surface area contributed by atoms with Gasteiger partial charge in [0, 0.05) is 19.2 Å². The minimum absolute atomic E-state index is 0.126. The Morgan fingerprint density at radius 2 is 2.04 bits per heavy atom. The maximum Gasteiger partial charge on any atom is 0.306 e. The molecule has 0 unspecified atom stereocenters. The number of rotatable bonds is 3. The molecule has 25 heavy (non-hydrogen) atoms. The Hall–Kier alpha value is -2.61. The summed E-state index contributed by atoms with van der Waals surface area (Å²) in [5.41, 5.74) is 2.13. The number of nitrogens with zero attached hydrogens (tertiary/aromatic N) is 3. The van der Waals surface area contributed by atoms with E-state index in [9.17, 15) is 14.0 Å². The molecule has 0 aliphatic carbocycles. The van der Waals surface area contributed by atoms with Gasteiger partial charge in [0.25, 0.3) is 5.91 Å². The molecule has 1 amide bonds. The Morgan fingerprint density at radius 1 is 1.32 bits per heavy atom. The van der Waals surface area contributed by atoms with Crippen LogP contribution in [0.5, 0.6) is 0 Å². The average molecular weight is 347 g/mol. The summed E-state index contributed by atoms with van der Waals surface area (Å²) in [5, 5.41) is 8.89. The average Bonchev–Trinajstić information content (AvgIpc) is 2.55. The first-order chi connectivity index (χ1) is 11.8. The zero-order valence-corrected chi connectivity index (χ0v) is 14.0. The van der Waals surface area contributed by atoms with E-state index in [1.165, 1.54) is 11.0 Å². The standard InChI is InChI=1S/C17H18FN3O4/c1-9-10(2)20-16-13(5-11(18)6-14(16)19-9)17(24)21-3-4-25-12(8-21)7-15(22)23/h5-6,12H,3-4,7-8H2,1-2H3,(H,22,23)/t12-/m0/s1. The molecule has 8 heteroatoms. The van der Waals surface area contributed by atoms with Crippen LogP contribution in [0.1, 0.15) is 28.2 Å². The Balaban J connectivity index is 1.96. The highest BCUT2D eigenvalue weighted by molar-refractivity contribution is 6.04. The van der Waals surface area contributed by atoms with Gasteiger partial charge >= 0.3 is 5.97 Å². The van der Waals surface area contributed by atoms with Crippen molar-refractivity contribution in [3.8, 4) is 0 Å². The van der Waals surface area contributed by atoms with Crippen LogP contribution < -0.4 is 0 Å². The lowest BCUT2D eigenvalue weighted by molar-refractivity contribution is -0.141. The zero-order valence-electron chi connectivity index (χ0n) is 14.0. The lowest BCUT2D eigenvalue weighted by Crippen LogP contribution is -2.46. The van der Waals surface area contributed by atoms with Crippen molar-refractivity contribution in [1.82, 2.24) is 14.9 Å². The monoisotopic (exact) mass is 347 g/mol. The second kappa shape index (κ2) is 6.72. The van der Waals surface area contributed by atoms with E-state index in [1.807, 2.05) is 0 Å². The first kappa shape index (κ1) is 17.2. The van der Waals surface area contributed by atoms with Crippen LogP contribution in [0.3, 0.4) is 0 Å². The molecule has 7 nitrogen and oxygen atoms in total. The van der Waals surface area contributed by atoms with Crippen LogP contribution >= 0.6 is 0 Å². The molecule has 2 aromatic rings. The molecule has 2 heterocycles. The van der Waals surface area contributed by atoms with Crippen molar-refractivity contribution in [2.45, 2.75) is 26.4 Å². The first-order valence-electron chi connectivity index (χ1n) is 7.92. The largest absolute Gasteiger partial charge is 0.481 e. The number of aromatic nitrogens is 2. The second-order valence-electron chi connectivity index (χ2n) is 6.06. The molecule has 1 aliphatic rings. The third-order valence-corrected chi connectivity index (χ3v) is 4.20. The van der Waals surface area contributed by atoms with Crippen LogP contribution in [-0.2, 0) is 9.53 Å². The fraction of sp³-hybridized carbons (Fsp3) is 0.412. The number of hydrogen-bond donors (Lipinski definition) is 1. The van der Waals surface area contributed by atoms with Gasteiger partial charge in [0.2, 0.25) is 0 Å². The minimum Gasteiger partial charge on any atom is -0.481 e. The molecule has 0 radical (unpaired) electrons. The molecule has 0 spiro atoms. The molecule has 132 valence electrons. The summed E-state index contributed by atoms with van der Waals surface area (Å²) in [6.07, 6.45) is -0.767. The fourth-order valence-electron chi connectivity index (χ4n) is 2.85. The quantitative estimate of drug-likeness (QED) is 0.908.